The van der Waals surface area contributed by atoms with Crippen molar-refractivity contribution < 1.29 is 14.3 Å². The van der Waals surface area contributed by atoms with E-state index in [0.29, 0.717) is 17.1 Å². The second kappa shape index (κ2) is 4.97. The highest BCUT2D eigenvalue weighted by atomic mass is 16.5. The number of pyridine rings is 1. The highest BCUT2D eigenvalue weighted by Crippen LogP contribution is 2.25. The van der Waals surface area contributed by atoms with Crippen LogP contribution >= 0.6 is 0 Å². The molecule has 0 atom stereocenters. The van der Waals surface area contributed by atoms with Gasteiger partial charge in [-0.05, 0) is 25.0 Å². The van der Waals surface area contributed by atoms with Crippen LogP contribution in [0, 0.1) is 0 Å². The Balaban J connectivity index is 2.02. The second-order valence-corrected chi connectivity index (χ2v) is 4.54. The molecule has 1 aliphatic rings. The minimum Gasteiger partial charge on any atom is -0.465 e. The standard InChI is InChI=1S/C13H15N3O3/c1-18-13(17)10-3-2-6-16-12(10)14-11(15-16)9-4-7-19-8-5-9/h2-3,6,9H,4-5,7-8H2,1H3. The Morgan fingerprint density at radius 3 is 3.00 bits per heavy atom. The van der Waals surface area contributed by atoms with Crippen molar-refractivity contribution in [3.63, 3.8) is 0 Å². The normalized spacial score (nSPS) is 16.7. The summed E-state index contributed by atoms with van der Waals surface area (Å²) < 4.78 is 11.7. The predicted octanol–water partition coefficient (Wildman–Crippen LogP) is 1.41. The Morgan fingerprint density at radius 1 is 1.47 bits per heavy atom. The number of carbonyl (C=O) groups is 1. The minimum absolute atomic E-state index is 0.305. The van der Waals surface area contributed by atoms with Crippen LogP contribution in [0.5, 0.6) is 0 Å². The molecule has 0 aromatic carbocycles. The van der Waals surface area contributed by atoms with Gasteiger partial charge in [0.15, 0.2) is 11.5 Å². The van der Waals surface area contributed by atoms with Crippen molar-refractivity contribution in [2.45, 2.75) is 18.8 Å². The van der Waals surface area contributed by atoms with Gasteiger partial charge in [0, 0.05) is 25.3 Å². The van der Waals surface area contributed by atoms with Crippen molar-refractivity contribution in [2.24, 2.45) is 0 Å². The number of ether oxygens (including phenoxy) is 2. The molecule has 0 aliphatic carbocycles. The van der Waals surface area contributed by atoms with Crippen LogP contribution in [0.1, 0.15) is 34.9 Å². The number of nitrogens with zero attached hydrogens (tertiary/aromatic N) is 3. The Hall–Kier alpha value is -1.95. The molecule has 1 fully saturated rings. The monoisotopic (exact) mass is 261 g/mol. The molecule has 0 saturated carbocycles. The summed E-state index contributed by atoms with van der Waals surface area (Å²) >= 11 is 0. The van der Waals surface area contributed by atoms with Gasteiger partial charge >= 0.3 is 5.97 Å². The van der Waals surface area contributed by atoms with Gasteiger partial charge < -0.3 is 9.47 Å². The first-order valence-electron chi connectivity index (χ1n) is 6.31. The number of hydrogen-bond acceptors (Lipinski definition) is 5. The summed E-state index contributed by atoms with van der Waals surface area (Å²) in [5, 5.41) is 4.46. The van der Waals surface area contributed by atoms with Crippen molar-refractivity contribution in [3.05, 3.63) is 29.7 Å². The Morgan fingerprint density at radius 2 is 2.26 bits per heavy atom. The zero-order chi connectivity index (χ0) is 13.2. The molecule has 6 nitrogen and oxygen atoms in total. The lowest BCUT2D eigenvalue weighted by Gasteiger charge is -2.18. The first kappa shape index (κ1) is 12.1. The fourth-order valence-corrected chi connectivity index (χ4v) is 2.32. The van der Waals surface area contributed by atoms with Crippen molar-refractivity contribution in [2.75, 3.05) is 20.3 Å². The number of fused-ring (bicyclic) bond motifs is 1. The maximum absolute atomic E-state index is 11.7. The number of carbonyl (C=O) groups excluding carboxylic acids is 1. The zero-order valence-corrected chi connectivity index (χ0v) is 10.7. The van der Waals surface area contributed by atoms with Crippen LogP contribution in [0.25, 0.3) is 5.65 Å². The highest BCUT2D eigenvalue weighted by Gasteiger charge is 2.22. The van der Waals surface area contributed by atoms with E-state index in [2.05, 4.69) is 10.1 Å². The molecule has 0 unspecified atom stereocenters. The molecule has 100 valence electrons. The van der Waals surface area contributed by atoms with E-state index in [9.17, 15) is 4.79 Å². The van der Waals surface area contributed by atoms with Crippen molar-refractivity contribution >= 4 is 11.6 Å². The number of hydrogen-bond donors (Lipinski definition) is 0. The summed E-state index contributed by atoms with van der Waals surface area (Å²) in [6.07, 6.45) is 3.63. The molecular formula is C13H15N3O3. The summed E-state index contributed by atoms with van der Waals surface area (Å²) in [5.41, 5.74) is 0.992. The van der Waals surface area contributed by atoms with Crippen LogP contribution in [0.3, 0.4) is 0 Å². The number of rotatable bonds is 2. The second-order valence-electron chi connectivity index (χ2n) is 4.54. The van der Waals surface area contributed by atoms with E-state index in [4.69, 9.17) is 9.47 Å². The molecule has 0 radical (unpaired) electrons. The molecule has 0 spiro atoms. The van der Waals surface area contributed by atoms with Gasteiger partial charge in [0.25, 0.3) is 0 Å². The quantitative estimate of drug-likeness (QED) is 0.765. The van der Waals surface area contributed by atoms with E-state index in [0.717, 1.165) is 31.9 Å². The average Bonchev–Trinajstić information content (AvgIpc) is 2.91. The van der Waals surface area contributed by atoms with Gasteiger partial charge in [-0.2, -0.15) is 5.10 Å². The first-order chi connectivity index (χ1) is 9.29. The SMILES string of the molecule is COC(=O)c1cccn2nc(C3CCOCC3)nc12. The lowest BCUT2D eigenvalue weighted by molar-refractivity contribution is 0.0602. The average molecular weight is 261 g/mol. The summed E-state index contributed by atoms with van der Waals surface area (Å²) in [6.45, 7) is 1.48. The maximum Gasteiger partial charge on any atom is 0.341 e. The molecule has 1 saturated heterocycles. The van der Waals surface area contributed by atoms with Crippen LogP contribution < -0.4 is 0 Å². The fourth-order valence-electron chi connectivity index (χ4n) is 2.32. The van der Waals surface area contributed by atoms with Crippen LogP contribution in [-0.2, 0) is 9.47 Å². The van der Waals surface area contributed by atoms with Gasteiger partial charge in [0.1, 0.15) is 5.56 Å². The number of aromatic nitrogens is 3. The summed E-state index contributed by atoms with van der Waals surface area (Å²) in [5.74, 6) is 0.690. The highest BCUT2D eigenvalue weighted by molar-refractivity contribution is 5.95. The van der Waals surface area contributed by atoms with Gasteiger partial charge in [-0.15, -0.1) is 0 Å². The van der Waals surface area contributed by atoms with E-state index in [1.165, 1.54) is 7.11 Å². The molecule has 19 heavy (non-hydrogen) atoms. The number of methoxy groups -OCH3 is 1. The van der Waals surface area contributed by atoms with Crippen molar-refractivity contribution in [1.82, 2.24) is 14.6 Å². The third kappa shape index (κ3) is 2.19. The number of esters is 1. The molecule has 2 aromatic rings. The van der Waals surface area contributed by atoms with Crippen molar-refractivity contribution in [3.8, 4) is 0 Å². The largest absolute Gasteiger partial charge is 0.465 e. The van der Waals surface area contributed by atoms with E-state index in [-0.39, 0.29) is 0 Å². The Kier molecular flexibility index (Phi) is 3.16. The molecule has 0 bridgehead atoms. The molecule has 6 heteroatoms. The third-order valence-electron chi connectivity index (χ3n) is 3.37. The van der Waals surface area contributed by atoms with Gasteiger partial charge in [0.2, 0.25) is 0 Å². The molecule has 0 amide bonds. The summed E-state index contributed by atoms with van der Waals surface area (Å²) in [7, 11) is 1.36. The first-order valence-corrected chi connectivity index (χ1v) is 6.31. The van der Waals surface area contributed by atoms with Gasteiger partial charge in [0.05, 0.1) is 7.11 Å². The molecule has 2 aromatic heterocycles. The fraction of sp³-hybridized carbons (Fsp3) is 0.462. The van der Waals surface area contributed by atoms with Crippen LogP contribution in [0.4, 0.5) is 0 Å². The molecule has 1 aliphatic heterocycles. The molecule has 3 rings (SSSR count). The molecule has 0 N–H and O–H groups in total. The maximum atomic E-state index is 11.7. The lowest BCUT2D eigenvalue weighted by Crippen LogP contribution is -2.15. The minimum atomic E-state index is -0.392. The van der Waals surface area contributed by atoms with Crippen molar-refractivity contribution in [1.29, 1.82) is 0 Å². The van der Waals surface area contributed by atoms with Crippen LogP contribution in [0.2, 0.25) is 0 Å². The van der Waals surface area contributed by atoms with Crippen LogP contribution in [0.15, 0.2) is 18.3 Å². The van der Waals surface area contributed by atoms with E-state index in [1.54, 1.807) is 22.8 Å². The smallest absolute Gasteiger partial charge is 0.341 e. The molecular weight excluding hydrogens is 246 g/mol. The Labute approximate surface area is 110 Å². The third-order valence-corrected chi connectivity index (χ3v) is 3.37. The molecule has 3 heterocycles. The predicted molar refractivity (Wildman–Crippen MR) is 67.1 cm³/mol. The van der Waals surface area contributed by atoms with E-state index in [1.807, 2.05) is 0 Å². The van der Waals surface area contributed by atoms with E-state index >= 15 is 0 Å². The summed E-state index contributed by atoms with van der Waals surface area (Å²) in [6, 6.07) is 3.46. The van der Waals surface area contributed by atoms with Gasteiger partial charge in [-0.1, -0.05) is 0 Å². The van der Waals surface area contributed by atoms with Crippen LogP contribution in [-0.4, -0.2) is 40.9 Å². The lowest BCUT2D eigenvalue weighted by atomic mass is 10.00. The van der Waals surface area contributed by atoms with Gasteiger partial charge in [-0.3, -0.25) is 0 Å². The summed E-state index contributed by atoms with van der Waals surface area (Å²) in [4.78, 5) is 16.2. The van der Waals surface area contributed by atoms with E-state index < -0.39 is 5.97 Å². The van der Waals surface area contributed by atoms with Gasteiger partial charge in [-0.25, -0.2) is 14.3 Å². The zero-order valence-electron chi connectivity index (χ0n) is 10.7. The Bertz CT molecular complexity index is 602. The topological polar surface area (TPSA) is 65.7 Å².